The van der Waals surface area contributed by atoms with Crippen LogP contribution < -0.4 is 0 Å². The van der Waals surface area contributed by atoms with Crippen LogP contribution in [0.15, 0.2) is 14.3 Å². The largest absolute Gasteiger partial charge is 0.192 e. The average molecular weight is 323 g/mol. The second-order valence-corrected chi connectivity index (χ2v) is 6.32. The molecule has 0 fully saturated rings. The van der Waals surface area contributed by atoms with Crippen molar-refractivity contribution in [3.63, 3.8) is 0 Å². The molecule has 2 heterocycles. The molecule has 0 radical (unpaired) electrons. The van der Waals surface area contributed by atoms with Crippen molar-refractivity contribution in [2.24, 2.45) is 0 Å². The normalized spacial score (nSPS) is 10.4. The molecule has 0 aliphatic carbocycles. The van der Waals surface area contributed by atoms with E-state index in [-0.39, 0.29) is 0 Å². The number of hydrogen-bond donors (Lipinski definition) is 0. The Morgan fingerprint density at radius 1 is 1.33 bits per heavy atom. The first kappa shape index (κ1) is 8.70. The number of fused-ring (bicyclic) bond motifs is 1. The van der Waals surface area contributed by atoms with E-state index in [0.717, 1.165) is 22.5 Å². The van der Waals surface area contributed by atoms with E-state index < -0.39 is 0 Å². The van der Waals surface area contributed by atoms with Crippen molar-refractivity contribution in [2.45, 2.75) is 0 Å². The van der Waals surface area contributed by atoms with Gasteiger partial charge in [-0.1, -0.05) is 0 Å². The van der Waals surface area contributed by atoms with Crippen molar-refractivity contribution in [3.05, 3.63) is 19.2 Å². The Bertz CT molecular complexity index is 477. The van der Waals surface area contributed by atoms with Crippen LogP contribution in [0, 0.1) is 11.3 Å². The van der Waals surface area contributed by atoms with Gasteiger partial charge in [0, 0.05) is 4.70 Å². The van der Waals surface area contributed by atoms with Gasteiger partial charge in [-0.25, -0.2) is 0 Å². The van der Waals surface area contributed by atoms with E-state index >= 15 is 0 Å². The quantitative estimate of drug-likeness (QED) is 0.707. The molecule has 0 N–H and O–H groups in total. The molecule has 2 rings (SSSR count). The van der Waals surface area contributed by atoms with Crippen LogP contribution in [0.1, 0.15) is 4.88 Å². The molecule has 5 heteroatoms. The topological polar surface area (TPSA) is 23.8 Å². The van der Waals surface area contributed by atoms with Crippen LogP contribution in [0.5, 0.6) is 0 Å². The van der Waals surface area contributed by atoms with Gasteiger partial charge in [-0.3, -0.25) is 0 Å². The molecule has 0 aliphatic rings. The highest BCUT2D eigenvalue weighted by molar-refractivity contribution is 9.13. The standard InChI is InChI=1S/C7HBr2NS2/c8-5-6-4(12-7(5)9)1-3(2-10)11-6/h1H. The number of hydrogen-bond acceptors (Lipinski definition) is 3. The Kier molecular flexibility index (Phi) is 2.25. The maximum Gasteiger partial charge on any atom is 0.110 e. The van der Waals surface area contributed by atoms with Gasteiger partial charge in [0.2, 0.25) is 0 Å². The first-order valence-corrected chi connectivity index (χ1v) is 6.21. The summed E-state index contributed by atoms with van der Waals surface area (Å²) in [4.78, 5) is 0.768. The summed E-state index contributed by atoms with van der Waals surface area (Å²) in [7, 11) is 0. The smallest absolute Gasteiger partial charge is 0.110 e. The molecule has 0 spiro atoms. The molecule has 0 atom stereocenters. The van der Waals surface area contributed by atoms with Gasteiger partial charge >= 0.3 is 0 Å². The summed E-state index contributed by atoms with van der Waals surface area (Å²) in [5, 5.41) is 8.66. The summed E-state index contributed by atoms with van der Waals surface area (Å²) in [6.07, 6.45) is 0. The number of nitrogens with zero attached hydrogens (tertiary/aromatic N) is 1. The second kappa shape index (κ2) is 3.11. The lowest BCUT2D eigenvalue weighted by atomic mass is 10.5. The van der Waals surface area contributed by atoms with Crippen LogP contribution >= 0.6 is 54.5 Å². The Balaban J connectivity index is 2.82. The second-order valence-electron chi connectivity index (χ2n) is 2.11. The van der Waals surface area contributed by atoms with Gasteiger partial charge in [-0.2, -0.15) is 5.26 Å². The molecule has 0 aromatic carbocycles. The fraction of sp³-hybridized carbons (Fsp3) is 0. The van der Waals surface area contributed by atoms with Crippen LogP contribution in [0.25, 0.3) is 9.40 Å². The third-order valence-corrected chi connectivity index (χ3v) is 6.22. The fourth-order valence-corrected chi connectivity index (χ4v) is 4.51. The van der Waals surface area contributed by atoms with Crippen molar-refractivity contribution in [2.75, 3.05) is 0 Å². The summed E-state index contributed by atoms with van der Waals surface area (Å²) < 4.78 is 4.47. The molecule has 1 nitrogen and oxygen atoms in total. The van der Waals surface area contributed by atoms with Gasteiger partial charge in [0.1, 0.15) is 10.9 Å². The molecule has 0 saturated carbocycles. The van der Waals surface area contributed by atoms with Gasteiger partial charge in [-0.05, 0) is 37.9 Å². The average Bonchev–Trinajstić information content (AvgIpc) is 2.55. The summed E-state index contributed by atoms with van der Waals surface area (Å²) in [5.74, 6) is 0. The van der Waals surface area contributed by atoms with Crippen molar-refractivity contribution in [1.82, 2.24) is 0 Å². The first-order chi connectivity index (χ1) is 5.72. The van der Waals surface area contributed by atoms with E-state index in [1.165, 1.54) is 11.3 Å². The fourth-order valence-electron chi connectivity index (χ4n) is 0.889. The maximum atomic E-state index is 8.66. The van der Waals surface area contributed by atoms with Gasteiger partial charge in [0.15, 0.2) is 0 Å². The third-order valence-electron chi connectivity index (χ3n) is 1.38. The van der Waals surface area contributed by atoms with E-state index in [4.69, 9.17) is 5.26 Å². The minimum atomic E-state index is 0.768. The van der Waals surface area contributed by atoms with E-state index in [2.05, 4.69) is 37.9 Å². The van der Waals surface area contributed by atoms with Crippen molar-refractivity contribution >= 4 is 63.9 Å². The van der Waals surface area contributed by atoms with E-state index in [1.807, 2.05) is 6.07 Å². The lowest BCUT2D eigenvalue weighted by Crippen LogP contribution is -1.53. The molecular formula is C7HBr2NS2. The third kappa shape index (κ3) is 1.23. The van der Waals surface area contributed by atoms with Gasteiger partial charge in [0.25, 0.3) is 0 Å². The van der Waals surface area contributed by atoms with E-state index in [1.54, 1.807) is 11.3 Å². The van der Waals surface area contributed by atoms with E-state index in [0.29, 0.717) is 0 Å². The van der Waals surface area contributed by atoms with Crippen molar-refractivity contribution in [1.29, 1.82) is 5.26 Å². The molecule has 2 aromatic heterocycles. The van der Waals surface area contributed by atoms with E-state index in [9.17, 15) is 0 Å². The number of thiophene rings is 2. The molecule has 0 unspecified atom stereocenters. The predicted octanol–water partition coefficient (Wildman–Crippen LogP) is 4.36. The van der Waals surface area contributed by atoms with Crippen LogP contribution in [0.3, 0.4) is 0 Å². The molecule has 60 valence electrons. The van der Waals surface area contributed by atoms with Gasteiger partial charge < -0.3 is 0 Å². The van der Waals surface area contributed by atoms with Crippen LogP contribution in [0.4, 0.5) is 0 Å². The van der Waals surface area contributed by atoms with Crippen LogP contribution in [-0.2, 0) is 0 Å². The summed E-state index contributed by atoms with van der Waals surface area (Å²) in [5.41, 5.74) is 0. The highest BCUT2D eigenvalue weighted by atomic mass is 79.9. The minimum Gasteiger partial charge on any atom is -0.192 e. The summed E-state index contributed by atoms with van der Waals surface area (Å²) in [6.45, 7) is 0. The Morgan fingerprint density at radius 3 is 2.67 bits per heavy atom. The molecule has 12 heavy (non-hydrogen) atoms. The number of halogens is 2. The Morgan fingerprint density at radius 2 is 2.08 bits per heavy atom. The molecule has 0 aliphatic heterocycles. The molecule has 0 saturated heterocycles. The number of rotatable bonds is 0. The summed E-state index contributed by atoms with van der Waals surface area (Å²) >= 11 is 10.0. The highest BCUT2D eigenvalue weighted by Gasteiger charge is 2.10. The zero-order chi connectivity index (χ0) is 8.72. The highest BCUT2D eigenvalue weighted by Crippen LogP contribution is 2.43. The molecule has 0 amide bonds. The maximum absolute atomic E-state index is 8.66. The minimum absolute atomic E-state index is 0.768. The van der Waals surface area contributed by atoms with Crippen molar-refractivity contribution in [3.8, 4) is 6.07 Å². The zero-order valence-electron chi connectivity index (χ0n) is 5.60. The Labute approximate surface area is 93.9 Å². The van der Waals surface area contributed by atoms with Crippen molar-refractivity contribution < 1.29 is 0 Å². The SMILES string of the molecule is N#Cc1cc2sc(Br)c(Br)c2s1. The van der Waals surface area contributed by atoms with Gasteiger partial charge in [0.05, 0.1) is 13.0 Å². The summed E-state index contributed by atoms with van der Waals surface area (Å²) in [6, 6.07) is 4.06. The van der Waals surface area contributed by atoms with Crippen LogP contribution in [-0.4, -0.2) is 0 Å². The number of nitriles is 1. The zero-order valence-corrected chi connectivity index (χ0v) is 10.4. The molecule has 0 bridgehead atoms. The lowest BCUT2D eigenvalue weighted by Gasteiger charge is -1.80. The molecular weight excluding hydrogens is 322 g/mol. The first-order valence-electron chi connectivity index (χ1n) is 3.00. The van der Waals surface area contributed by atoms with Gasteiger partial charge in [-0.15, -0.1) is 22.7 Å². The monoisotopic (exact) mass is 321 g/mol. The predicted molar refractivity (Wildman–Crippen MR) is 59.8 cm³/mol. The lowest BCUT2D eigenvalue weighted by molar-refractivity contribution is 1.53. The Hall–Kier alpha value is 0.110. The molecule has 2 aromatic rings. The van der Waals surface area contributed by atoms with Crippen LogP contribution in [0.2, 0.25) is 0 Å².